The Morgan fingerprint density at radius 2 is 2.05 bits per heavy atom. The number of anilines is 1. The number of rotatable bonds is 5. The molecule has 2 rings (SSSR count). The Bertz CT molecular complexity index is 605. The Kier molecular flexibility index (Phi) is 5.16. The highest BCUT2D eigenvalue weighted by Gasteiger charge is 2.00. The van der Waals surface area contributed by atoms with Crippen LogP contribution in [0.5, 0.6) is 0 Å². The van der Waals surface area contributed by atoms with Gasteiger partial charge in [0.2, 0.25) is 0 Å². The third kappa shape index (κ3) is 4.69. The highest BCUT2D eigenvalue weighted by molar-refractivity contribution is 14.1. The van der Waals surface area contributed by atoms with Crippen LogP contribution in [0.3, 0.4) is 0 Å². The normalized spacial score (nSPS) is 10.7. The zero-order chi connectivity index (χ0) is 14.4. The molecule has 0 fully saturated rings. The first-order chi connectivity index (χ1) is 9.63. The summed E-state index contributed by atoms with van der Waals surface area (Å²) in [5.41, 5.74) is 4.50. The van der Waals surface area contributed by atoms with Crippen LogP contribution in [0.15, 0.2) is 45.9 Å². The van der Waals surface area contributed by atoms with Crippen molar-refractivity contribution < 1.29 is 9.21 Å². The van der Waals surface area contributed by atoms with E-state index in [0.29, 0.717) is 5.76 Å². The minimum Gasteiger partial charge on any atom is -0.449 e. The smallest absolute Gasteiger partial charge is 0.259 e. The van der Waals surface area contributed by atoms with Crippen molar-refractivity contribution in [3.63, 3.8) is 0 Å². The number of amides is 1. The van der Waals surface area contributed by atoms with E-state index in [2.05, 4.69) is 38.4 Å². The average Bonchev–Trinajstić information content (AvgIpc) is 2.84. The number of nitrogens with one attached hydrogen (secondary N) is 2. The van der Waals surface area contributed by atoms with Gasteiger partial charge < -0.3 is 9.73 Å². The molecule has 0 aliphatic rings. The van der Waals surface area contributed by atoms with E-state index >= 15 is 0 Å². The lowest BCUT2D eigenvalue weighted by Gasteiger charge is -2.05. The maximum Gasteiger partial charge on any atom is 0.259 e. The first-order valence-corrected chi connectivity index (χ1v) is 7.09. The van der Waals surface area contributed by atoms with Gasteiger partial charge in [-0.1, -0.05) is 17.7 Å². The third-order valence-corrected chi connectivity index (χ3v) is 3.06. The van der Waals surface area contributed by atoms with Crippen LogP contribution in [-0.4, -0.2) is 18.7 Å². The summed E-state index contributed by atoms with van der Waals surface area (Å²) in [4.78, 5) is 11.6. The summed E-state index contributed by atoms with van der Waals surface area (Å²) in [5, 5.41) is 6.83. The Morgan fingerprint density at radius 3 is 2.70 bits per heavy atom. The van der Waals surface area contributed by atoms with E-state index in [9.17, 15) is 4.79 Å². The molecule has 5 nitrogen and oxygen atoms in total. The van der Waals surface area contributed by atoms with Crippen molar-refractivity contribution >= 4 is 40.4 Å². The monoisotopic (exact) mass is 383 g/mol. The molecule has 0 saturated carbocycles. The minimum atomic E-state index is -0.219. The summed E-state index contributed by atoms with van der Waals surface area (Å²) in [6.45, 7) is 2.18. The van der Waals surface area contributed by atoms with Gasteiger partial charge in [-0.05, 0) is 53.8 Å². The van der Waals surface area contributed by atoms with E-state index in [1.165, 1.54) is 11.8 Å². The standard InChI is InChI=1S/C14H14IN3O2/c1-10-2-4-11(5-3-10)16-9-14(19)18-17-8-12-6-7-13(15)20-12/h2-8,16H,9H2,1H3,(H,18,19)/b17-8-. The predicted molar refractivity (Wildman–Crippen MR) is 86.8 cm³/mol. The summed E-state index contributed by atoms with van der Waals surface area (Å²) in [6.07, 6.45) is 1.46. The molecule has 2 N–H and O–H groups in total. The molecule has 0 aliphatic carbocycles. The molecule has 1 heterocycles. The van der Waals surface area contributed by atoms with E-state index in [1.807, 2.05) is 37.3 Å². The molecule has 6 heteroatoms. The maximum atomic E-state index is 11.6. The fraction of sp³-hybridized carbons (Fsp3) is 0.143. The van der Waals surface area contributed by atoms with Crippen LogP contribution in [-0.2, 0) is 4.79 Å². The Labute approximate surface area is 130 Å². The van der Waals surface area contributed by atoms with Gasteiger partial charge in [-0.3, -0.25) is 4.79 Å². The van der Waals surface area contributed by atoms with Gasteiger partial charge in [0.25, 0.3) is 5.91 Å². The van der Waals surface area contributed by atoms with Crippen LogP contribution >= 0.6 is 22.6 Å². The first-order valence-electron chi connectivity index (χ1n) is 6.01. The minimum absolute atomic E-state index is 0.163. The van der Waals surface area contributed by atoms with Crippen LogP contribution in [0.1, 0.15) is 11.3 Å². The largest absolute Gasteiger partial charge is 0.449 e. The fourth-order valence-corrected chi connectivity index (χ4v) is 1.89. The van der Waals surface area contributed by atoms with Crippen molar-refractivity contribution in [2.45, 2.75) is 6.92 Å². The zero-order valence-corrected chi connectivity index (χ0v) is 13.0. The molecule has 0 radical (unpaired) electrons. The molecule has 0 unspecified atom stereocenters. The van der Waals surface area contributed by atoms with E-state index in [0.717, 1.165) is 9.45 Å². The third-order valence-electron chi connectivity index (χ3n) is 2.48. The van der Waals surface area contributed by atoms with Crippen LogP contribution < -0.4 is 10.7 Å². The highest BCUT2D eigenvalue weighted by Crippen LogP contribution is 2.08. The number of carbonyl (C=O) groups excluding carboxylic acids is 1. The summed E-state index contributed by atoms with van der Waals surface area (Å²) in [7, 11) is 0. The SMILES string of the molecule is Cc1ccc(NCC(=O)N/N=C\c2ccc(I)o2)cc1. The first kappa shape index (κ1) is 14.6. The number of halogens is 1. The van der Waals surface area contributed by atoms with E-state index in [4.69, 9.17) is 4.42 Å². The second kappa shape index (κ2) is 7.09. The van der Waals surface area contributed by atoms with Gasteiger partial charge in [-0.15, -0.1) is 0 Å². The van der Waals surface area contributed by atoms with Crippen LogP contribution in [0.2, 0.25) is 0 Å². The number of benzene rings is 1. The van der Waals surface area contributed by atoms with E-state index in [1.54, 1.807) is 6.07 Å². The second-order valence-corrected chi connectivity index (χ2v) is 5.22. The molecular weight excluding hydrogens is 369 g/mol. The lowest BCUT2D eigenvalue weighted by molar-refractivity contribution is -0.119. The van der Waals surface area contributed by atoms with Gasteiger partial charge in [0, 0.05) is 5.69 Å². The Balaban J connectivity index is 1.75. The van der Waals surface area contributed by atoms with Gasteiger partial charge >= 0.3 is 0 Å². The summed E-state index contributed by atoms with van der Waals surface area (Å²) >= 11 is 2.06. The molecule has 0 atom stereocenters. The van der Waals surface area contributed by atoms with Crippen molar-refractivity contribution in [3.05, 3.63) is 51.5 Å². The van der Waals surface area contributed by atoms with Crippen molar-refractivity contribution in [2.75, 3.05) is 11.9 Å². The molecule has 0 saturated heterocycles. The zero-order valence-electron chi connectivity index (χ0n) is 10.9. The lowest BCUT2D eigenvalue weighted by Crippen LogP contribution is -2.25. The van der Waals surface area contributed by atoms with E-state index < -0.39 is 0 Å². The van der Waals surface area contributed by atoms with Gasteiger partial charge in [-0.2, -0.15) is 5.10 Å². The van der Waals surface area contributed by atoms with Crippen LogP contribution in [0.4, 0.5) is 5.69 Å². The van der Waals surface area contributed by atoms with E-state index in [-0.39, 0.29) is 12.5 Å². The number of furan rings is 1. The molecule has 2 aromatic rings. The molecule has 1 aromatic carbocycles. The molecule has 1 amide bonds. The van der Waals surface area contributed by atoms with Crippen LogP contribution in [0.25, 0.3) is 0 Å². The average molecular weight is 383 g/mol. The molecule has 104 valence electrons. The number of hydrogen-bond donors (Lipinski definition) is 2. The van der Waals surface area contributed by atoms with Crippen molar-refractivity contribution in [3.8, 4) is 0 Å². The van der Waals surface area contributed by atoms with Gasteiger partial charge in [0.1, 0.15) is 5.76 Å². The molecule has 20 heavy (non-hydrogen) atoms. The summed E-state index contributed by atoms with van der Waals surface area (Å²) < 4.78 is 6.05. The summed E-state index contributed by atoms with van der Waals surface area (Å²) in [5.74, 6) is 0.379. The quantitative estimate of drug-likeness (QED) is 0.474. The topological polar surface area (TPSA) is 66.6 Å². The van der Waals surface area contributed by atoms with Crippen LogP contribution in [0, 0.1) is 10.7 Å². The van der Waals surface area contributed by atoms with Crippen molar-refractivity contribution in [2.24, 2.45) is 5.10 Å². The maximum absolute atomic E-state index is 11.6. The molecule has 0 bridgehead atoms. The number of hydrogen-bond acceptors (Lipinski definition) is 4. The summed E-state index contributed by atoms with van der Waals surface area (Å²) in [6, 6.07) is 11.4. The molecule has 1 aromatic heterocycles. The fourth-order valence-electron chi connectivity index (χ4n) is 1.46. The number of nitrogens with zero attached hydrogens (tertiary/aromatic N) is 1. The van der Waals surface area contributed by atoms with Crippen molar-refractivity contribution in [1.29, 1.82) is 0 Å². The second-order valence-electron chi connectivity index (χ2n) is 4.15. The highest BCUT2D eigenvalue weighted by atomic mass is 127. The number of aryl methyl sites for hydroxylation is 1. The Morgan fingerprint density at radius 1 is 1.30 bits per heavy atom. The lowest BCUT2D eigenvalue weighted by atomic mass is 10.2. The Hall–Kier alpha value is -1.83. The predicted octanol–water partition coefficient (Wildman–Crippen LogP) is 2.75. The van der Waals surface area contributed by atoms with Gasteiger partial charge in [0.15, 0.2) is 3.77 Å². The molecule has 0 spiro atoms. The molecule has 0 aliphatic heterocycles. The number of carbonyl (C=O) groups is 1. The molecular formula is C14H14IN3O2. The van der Waals surface area contributed by atoms with Gasteiger partial charge in [-0.25, -0.2) is 5.43 Å². The van der Waals surface area contributed by atoms with Gasteiger partial charge in [0.05, 0.1) is 12.8 Å². The number of hydrazone groups is 1. The van der Waals surface area contributed by atoms with Crippen molar-refractivity contribution in [1.82, 2.24) is 5.43 Å².